The molecule has 0 aromatic heterocycles. The summed E-state index contributed by atoms with van der Waals surface area (Å²) in [6.07, 6.45) is -5.14. The van der Waals surface area contributed by atoms with Crippen LogP contribution in [0.3, 0.4) is 0 Å². The van der Waals surface area contributed by atoms with Crippen molar-refractivity contribution in [3.63, 3.8) is 0 Å². The van der Waals surface area contributed by atoms with Crippen LogP contribution in [0.1, 0.15) is 26.3 Å². The van der Waals surface area contributed by atoms with E-state index < -0.39 is 56.7 Å². The highest BCUT2D eigenvalue weighted by molar-refractivity contribution is 6.76. The van der Waals surface area contributed by atoms with Crippen LogP contribution in [0.4, 0.5) is 0 Å². The first kappa shape index (κ1) is 28.0. The van der Waals surface area contributed by atoms with Gasteiger partial charge < -0.3 is 28.4 Å². The molecule has 34 heavy (non-hydrogen) atoms. The number of hydrogen-bond donors (Lipinski definition) is 0. The lowest BCUT2D eigenvalue weighted by Crippen LogP contribution is -2.62. The van der Waals surface area contributed by atoms with E-state index in [0.29, 0.717) is 13.2 Å². The molecule has 1 saturated heterocycles. The standard InChI is InChI=1S/C24H36O9Si/c1-16(25)30-21-20(15-28-14-19-10-8-7-9-11-19)33-24(29-12-13-34(4,5)6)23(32-18(3)27)22(21)31-17(2)26/h7-11,20-24H,12-15H2,1-6H3. The zero-order valence-electron chi connectivity index (χ0n) is 20.8. The summed E-state index contributed by atoms with van der Waals surface area (Å²) < 4.78 is 34.3. The highest BCUT2D eigenvalue weighted by Gasteiger charge is 2.52. The Morgan fingerprint density at radius 2 is 1.41 bits per heavy atom. The van der Waals surface area contributed by atoms with Gasteiger partial charge in [0.15, 0.2) is 24.6 Å². The van der Waals surface area contributed by atoms with E-state index in [4.69, 9.17) is 28.4 Å². The molecule has 0 N–H and O–H groups in total. The van der Waals surface area contributed by atoms with Crippen LogP contribution in [0.2, 0.25) is 25.7 Å². The van der Waals surface area contributed by atoms with E-state index in [1.54, 1.807) is 0 Å². The number of rotatable bonds is 11. The zero-order valence-corrected chi connectivity index (χ0v) is 21.8. The maximum Gasteiger partial charge on any atom is 0.303 e. The van der Waals surface area contributed by atoms with Gasteiger partial charge in [0, 0.05) is 35.5 Å². The van der Waals surface area contributed by atoms with Crippen molar-refractivity contribution in [3.05, 3.63) is 35.9 Å². The summed E-state index contributed by atoms with van der Waals surface area (Å²) in [5, 5.41) is 0. The quantitative estimate of drug-likeness (QED) is 0.259. The van der Waals surface area contributed by atoms with Gasteiger partial charge in [-0.1, -0.05) is 50.0 Å². The van der Waals surface area contributed by atoms with Crippen LogP contribution in [0, 0.1) is 0 Å². The summed E-state index contributed by atoms with van der Waals surface area (Å²) in [5.41, 5.74) is 0.958. The minimum atomic E-state index is -1.42. The van der Waals surface area contributed by atoms with Crippen LogP contribution >= 0.6 is 0 Å². The van der Waals surface area contributed by atoms with E-state index in [0.717, 1.165) is 11.6 Å². The van der Waals surface area contributed by atoms with E-state index in [1.807, 2.05) is 30.3 Å². The molecule has 1 aromatic carbocycles. The molecule has 10 heteroatoms. The first-order chi connectivity index (χ1) is 16.0. The molecule has 190 valence electrons. The van der Waals surface area contributed by atoms with Crippen molar-refractivity contribution in [1.29, 1.82) is 0 Å². The second-order valence-electron chi connectivity index (χ2n) is 9.45. The monoisotopic (exact) mass is 496 g/mol. The lowest BCUT2D eigenvalue weighted by atomic mass is 9.98. The van der Waals surface area contributed by atoms with Crippen LogP contribution in [0.15, 0.2) is 30.3 Å². The molecule has 1 aliphatic rings. The topological polar surface area (TPSA) is 107 Å². The van der Waals surface area contributed by atoms with Crippen molar-refractivity contribution in [2.45, 2.75) is 83.8 Å². The fourth-order valence-corrected chi connectivity index (χ4v) is 4.20. The van der Waals surface area contributed by atoms with Gasteiger partial charge in [0.05, 0.1) is 13.2 Å². The van der Waals surface area contributed by atoms with Crippen LogP contribution in [-0.4, -0.2) is 69.9 Å². The zero-order chi connectivity index (χ0) is 25.3. The molecule has 0 amide bonds. The van der Waals surface area contributed by atoms with E-state index in [-0.39, 0.29) is 6.61 Å². The minimum Gasteiger partial charge on any atom is -0.456 e. The van der Waals surface area contributed by atoms with E-state index in [2.05, 4.69) is 19.6 Å². The molecule has 2 rings (SSSR count). The van der Waals surface area contributed by atoms with Gasteiger partial charge in [-0.05, 0) is 11.6 Å². The maximum atomic E-state index is 11.9. The van der Waals surface area contributed by atoms with Gasteiger partial charge in [-0.2, -0.15) is 0 Å². The average molecular weight is 497 g/mol. The van der Waals surface area contributed by atoms with Crippen molar-refractivity contribution in [3.8, 4) is 0 Å². The van der Waals surface area contributed by atoms with Crippen molar-refractivity contribution in [1.82, 2.24) is 0 Å². The molecule has 0 aliphatic carbocycles. The average Bonchev–Trinajstić information content (AvgIpc) is 2.71. The Balaban J connectivity index is 2.27. The third-order valence-corrected chi connectivity index (χ3v) is 6.73. The molecular formula is C24H36O9Si. The van der Waals surface area contributed by atoms with Crippen molar-refractivity contribution < 1.29 is 42.8 Å². The van der Waals surface area contributed by atoms with Crippen LogP contribution < -0.4 is 0 Å². The Morgan fingerprint density at radius 3 is 1.97 bits per heavy atom. The van der Waals surface area contributed by atoms with Crippen molar-refractivity contribution in [2.75, 3.05) is 13.2 Å². The smallest absolute Gasteiger partial charge is 0.303 e. The molecule has 0 radical (unpaired) electrons. The van der Waals surface area contributed by atoms with E-state index in [9.17, 15) is 14.4 Å². The Hall–Kier alpha value is -2.27. The first-order valence-corrected chi connectivity index (χ1v) is 15.1. The molecule has 9 nitrogen and oxygen atoms in total. The second kappa shape index (κ2) is 13.0. The normalized spacial score (nSPS) is 24.8. The third-order valence-electron chi connectivity index (χ3n) is 5.03. The fraction of sp³-hybridized carbons (Fsp3) is 0.625. The largest absolute Gasteiger partial charge is 0.456 e. The second-order valence-corrected chi connectivity index (χ2v) is 15.1. The van der Waals surface area contributed by atoms with Crippen LogP contribution in [0.25, 0.3) is 0 Å². The molecule has 1 heterocycles. The fourth-order valence-electron chi connectivity index (χ4n) is 3.47. The molecule has 1 fully saturated rings. The Labute approximate surface area is 202 Å². The molecule has 1 aromatic rings. The Morgan fingerprint density at radius 1 is 0.853 bits per heavy atom. The van der Waals surface area contributed by atoms with Gasteiger partial charge >= 0.3 is 17.9 Å². The Bertz CT molecular complexity index is 808. The van der Waals surface area contributed by atoms with E-state index >= 15 is 0 Å². The molecule has 1 aliphatic heterocycles. The van der Waals surface area contributed by atoms with Crippen LogP contribution in [-0.2, 0) is 49.4 Å². The van der Waals surface area contributed by atoms with Crippen molar-refractivity contribution in [2.24, 2.45) is 0 Å². The lowest BCUT2D eigenvalue weighted by Gasteiger charge is -2.44. The number of hydrogen-bond acceptors (Lipinski definition) is 9. The van der Waals surface area contributed by atoms with Gasteiger partial charge in [-0.15, -0.1) is 0 Å². The molecule has 0 saturated carbocycles. The first-order valence-electron chi connectivity index (χ1n) is 11.4. The Kier molecular flexibility index (Phi) is 10.7. The van der Waals surface area contributed by atoms with Gasteiger partial charge in [-0.25, -0.2) is 0 Å². The summed E-state index contributed by atoms with van der Waals surface area (Å²) in [6, 6.07) is 10.4. The molecular weight excluding hydrogens is 460 g/mol. The summed E-state index contributed by atoms with van der Waals surface area (Å²) in [4.78, 5) is 35.7. The number of esters is 3. The SMILES string of the molecule is CC(=O)OC1C(COCc2ccccc2)OC(OCC[Si](C)(C)C)C(OC(C)=O)C1OC(C)=O. The minimum absolute atomic E-state index is 0.0330. The highest BCUT2D eigenvalue weighted by atomic mass is 28.3. The predicted octanol–water partition coefficient (Wildman–Crippen LogP) is 3.08. The molecule has 5 unspecified atom stereocenters. The van der Waals surface area contributed by atoms with Gasteiger partial charge in [0.2, 0.25) is 0 Å². The molecule has 5 atom stereocenters. The van der Waals surface area contributed by atoms with Gasteiger partial charge in [0.25, 0.3) is 0 Å². The number of carbonyl (C=O) groups excluding carboxylic acids is 3. The number of benzene rings is 1. The van der Waals surface area contributed by atoms with Crippen LogP contribution in [0.5, 0.6) is 0 Å². The molecule has 0 spiro atoms. The predicted molar refractivity (Wildman–Crippen MR) is 126 cm³/mol. The summed E-state index contributed by atoms with van der Waals surface area (Å²) >= 11 is 0. The summed E-state index contributed by atoms with van der Waals surface area (Å²) in [7, 11) is -1.42. The number of carbonyl (C=O) groups is 3. The highest BCUT2D eigenvalue weighted by Crippen LogP contribution is 2.30. The molecule has 0 bridgehead atoms. The van der Waals surface area contributed by atoms with Crippen molar-refractivity contribution >= 4 is 26.0 Å². The third kappa shape index (κ3) is 9.53. The summed E-state index contributed by atoms with van der Waals surface area (Å²) in [6.45, 7) is 11.0. The van der Waals surface area contributed by atoms with E-state index in [1.165, 1.54) is 20.8 Å². The lowest BCUT2D eigenvalue weighted by molar-refractivity contribution is -0.308. The number of ether oxygens (including phenoxy) is 6. The van der Waals surface area contributed by atoms with Gasteiger partial charge in [0.1, 0.15) is 6.10 Å². The maximum absolute atomic E-state index is 11.9. The van der Waals surface area contributed by atoms with Gasteiger partial charge in [-0.3, -0.25) is 14.4 Å². The summed E-state index contributed by atoms with van der Waals surface area (Å²) in [5.74, 6) is -1.82.